The molecule has 1 atom stereocenters. The van der Waals surface area contributed by atoms with Gasteiger partial charge in [-0.3, -0.25) is 0 Å². The molecule has 3 aromatic carbocycles. The highest BCUT2D eigenvalue weighted by atomic mass is 32.2. The first-order valence-corrected chi connectivity index (χ1v) is 11.7. The van der Waals surface area contributed by atoms with E-state index >= 15 is 0 Å². The smallest absolute Gasteiger partial charge is 0.244 e. The molecule has 0 bridgehead atoms. The van der Waals surface area contributed by atoms with Crippen LogP contribution in [-0.4, -0.2) is 24.3 Å². The average Bonchev–Trinajstić information content (AvgIpc) is 3.14. The van der Waals surface area contributed by atoms with Crippen LogP contribution in [0.4, 0.5) is 4.39 Å². The monoisotopic (exact) mass is 434 g/mol. The van der Waals surface area contributed by atoms with Gasteiger partial charge in [-0.05, 0) is 55.2 Å². The Hall–Kier alpha value is -2.96. The van der Waals surface area contributed by atoms with E-state index in [0.29, 0.717) is 18.5 Å². The van der Waals surface area contributed by atoms with Crippen LogP contribution in [0.15, 0.2) is 71.6 Å². The molecular weight excluding hydrogens is 411 g/mol. The summed E-state index contributed by atoms with van der Waals surface area (Å²) in [5, 5.41) is 1.12. The van der Waals surface area contributed by atoms with Crippen LogP contribution in [0.3, 0.4) is 0 Å². The zero-order chi connectivity index (χ0) is 21.8. The lowest BCUT2D eigenvalue weighted by atomic mass is 9.94. The highest BCUT2D eigenvalue weighted by molar-refractivity contribution is 7.89. The normalized spacial score (nSPS) is 17.1. The second-order valence-corrected chi connectivity index (χ2v) is 10.0. The van der Waals surface area contributed by atoms with Crippen LogP contribution in [0.25, 0.3) is 10.9 Å². The molecule has 1 aromatic heterocycles. The fraction of sp³-hybridized carbons (Fsp3) is 0.200. The maximum absolute atomic E-state index is 14.0. The van der Waals surface area contributed by atoms with Crippen molar-refractivity contribution in [3.8, 4) is 0 Å². The van der Waals surface area contributed by atoms with Crippen molar-refractivity contribution in [3.63, 3.8) is 0 Å². The van der Waals surface area contributed by atoms with Gasteiger partial charge in [0, 0.05) is 23.1 Å². The Morgan fingerprint density at radius 3 is 2.52 bits per heavy atom. The van der Waals surface area contributed by atoms with E-state index in [-0.39, 0.29) is 4.90 Å². The lowest BCUT2D eigenvalue weighted by molar-refractivity contribution is 0.340. The van der Waals surface area contributed by atoms with Crippen LogP contribution in [0.5, 0.6) is 0 Å². The maximum Gasteiger partial charge on any atom is 0.244 e. The van der Waals surface area contributed by atoms with Crippen molar-refractivity contribution < 1.29 is 12.8 Å². The minimum Gasteiger partial charge on any atom is -0.357 e. The fourth-order valence-electron chi connectivity index (χ4n) is 4.54. The number of hydrogen-bond donors (Lipinski definition) is 1. The standard InChI is InChI=1S/C25H23FN2O2S/c1-16-7-10-18(11-8-16)25-24-21(20-5-3-4-6-22(20)27-24)13-14-28(25)31(29,30)23-15-19(26)12-9-17(23)2/h3-12,15,25,27H,13-14H2,1-2H3. The summed E-state index contributed by atoms with van der Waals surface area (Å²) in [5.74, 6) is -0.556. The van der Waals surface area contributed by atoms with Crippen molar-refractivity contribution in [1.29, 1.82) is 0 Å². The molecule has 6 heteroatoms. The lowest BCUT2D eigenvalue weighted by Gasteiger charge is -2.35. The molecule has 2 heterocycles. The summed E-state index contributed by atoms with van der Waals surface area (Å²) in [6, 6.07) is 19.4. The van der Waals surface area contributed by atoms with Crippen molar-refractivity contribution in [1.82, 2.24) is 9.29 Å². The number of nitrogens with one attached hydrogen (secondary N) is 1. The van der Waals surface area contributed by atoms with E-state index in [4.69, 9.17) is 0 Å². The molecule has 0 saturated carbocycles. The maximum atomic E-state index is 14.0. The van der Waals surface area contributed by atoms with Gasteiger partial charge in [0.2, 0.25) is 10.0 Å². The number of fused-ring (bicyclic) bond motifs is 3. The number of halogens is 1. The Morgan fingerprint density at radius 2 is 1.74 bits per heavy atom. The van der Waals surface area contributed by atoms with E-state index < -0.39 is 21.9 Å². The summed E-state index contributed by atoms with van der Waals surface area (Å²) in [5.41, 5.74) is 5.54. The molecule has 0 aliphatic carbocycles. The van der Waals surface area contributed by atoms with Crippen molar-refractivity contribution in [2.75, 3.05) is 6.54 Å². The summed E-state index contributed by atoms with van der Waals surface area (Å²) in [6.45, 7) is 4.03. The van der Waals surface area contributed by atoms with E-state index in [9.17, 15) is 12.8 Å². The minimum atomic E-state index is -3.93. The van der Waals surface area contributed by atoms with Gasteiger partial charge in [-0.2, -0.15) is 4.31 Å². The average molecular weight is 435 g/mol. The molecule has 0 fully saturated rings. The highest BCUT2D eigenvalue weighted by Crippen LogP contribution is 2.41. The summed E-state index contributed by atoms with van der Waals surface area (Å²) in [6.07, 6.45) is 0.593. The Bertz CT molecular complexity index is 1390. The second-order valence-electron chi connectivity index (χ2n) is 8.15. The molecular formula is C25H23FN2O2S. The third kappa shape index (κ3) is 3.27. The zero-order valence-electron chi connectivity index (χ0n) is 17.4. The topological polar surface area (TPSA) is 53.2 Å². The van der Waals surface area contributed by atoms with E-state index in [1.807, 2.05) is 49.4 Å². The van der Waals surface area contributed by atoms with Gasteiger partial charge in [-0.25, -0.2) is 12.8 Å². The number of rotatable bonds is 3. The van der Waals surface area contributed by atoms with Gasteiger partial charge in [-0.15, -0.1) is 0 Å². The van der Waals surface area contributed by atoms with Gasteiger partial charge in [0.15, 0.2) is 0 Å². The predicted molar refractivity (Wildman–Crippen MR) is 120 cm³/mol. The van der Waals surface area contributed by atoms with Crippen LogP contribution < -0.4 is 0 Å². The number of nitrogens with zero attached hydrogens (tertiary/aromatic N) is 1. The summed E-state index contributed by atoms with van der Waals surface area (Å²) in [7, 11) is -3.93. The molecule has 4 nitrogen and oxygen atoms in total. The Balaban J connectivity index is 1.73. The summed E-state index contributed by atoms with van der Waals surface area (Å²) >= 11 is 0. The molecule has 0 saturated heterocycles. The van der Waals surface area contributed by atoms with Gasteiger partial charge in [-0.1, -0.05) is 54.1 Å². The molecule has 1 unspecified atom stereocenters. The third-order valence-electron chi connectivity index (χ3n) is 6.12. The number of H-pyrrole nitrogens is 1. The number of sulfonamides is 1. The number of aryl methyl sites for hydroxylation is 2. The second kappa shape index (κ2) is 7.32. The number of hydrogen-bond acceptors (Lipinski definition) is 2. The van der Waals surface area contributed by atoms with E-state index in [2.05, 4.69) is 11.1 Å². The zero-order valence-corrected chi connectivity index (χ0v) is 18.2. The van der Waals surface area contributed by atoms with Crippen LogP contribution in [0.2, 0.25) is 0 Å². The van der Waals surface area contributed by atoms with Gasteiger partial charge >= 0.3 is 0 Å². The molecule has 4 aromatic rings. The third-order valence-corrected chi connectivity index (χ3v) is 8.13. The summed E-state index contributed by atoms with van der Waals surface area (Å²) in [4.78, 5) is 3.50. The van der Waals surface area contributed by atoms with Crippen LogP contribution in [0.1, 0.15) is 34.0 Å². The van der Waals surface area contributed by atoms with Crippen molar-refractivity contribution in [2.45, 2.75) is 31.2 Å². The van der Waals surface area contributed by atoms with E-state index in [1.165, 1.54) is 16.4 Å². The number of benzene rings is 3. The van der Waals surface area contributed by atoms with E-state index in [1.54, 1.807) is 6.92 Å². The fourth-order valence-corrected chi connectivity index (χ4v) is 6.36. The number of aromatic amines is 1. The molecule has 0 radical (unpaired) electrons. The van der Waals surface area contributed by atoms with E-state index in [0.717, 1.165) is 39.4 Å². The Labute approximate surface area is 181 Å². The van der Waals surface area contributed by atoms with Crippen LogP contribution in [0, 0.1) is 19.7 Å². The molecule has 1 aliphatic heterocycles. The summed E-state index contributed by atoms with van der Waals surface area (Å²) < 4.78 is 43.1. The van der Waals surface area contributed by atoms with Crippen LogP contribution in [-0.2, 0) is 16.4 Å². The Morgan fingerprint density at radius 1 is 1.00 bits per heavy atom. The van der Waals surface area contributed by atoms with Crippen LogP contribution >= 0.6 is 0 Å². The molecule has 5 rings (SSSR count). The first-order valence-electron chi connectivity index (χ1n) is 10.3. The van der Waals surface area contributed by atoms with Gasteiger partial charge in [0.05, 0.1) is 10.9 Å². The predicted octanol–water partition coefficient (Wildman–Crippen LogP) is 5.26. The lowest BCUT2D eigenvalue weighted by Crippen LogP contribution is -2.40. The minimum absolute atomic E-state index is 0.0178. The molecule has 0 amide bonds. The first-order chi connectivity index (χ1) is 14.9. The first kappa shape index (κ1) is 20.0. The molecule has 158 valence electrons. The van der Waals surface area contributed by atoms with Gasteiger partial charge in [0.1, 0.15) is 5.82 Å². The quantitative estimate of drug-likeness (QED) is 0.478. The molecule has 1 aliphatic rings. The SMILES string of the molecule is Cc1ccc(C2c3[nH]c4ccccc4c3CCN2S(=O)(=O)c2cc(F)ccc2C)cc1. The van der Waals surface area contributed by atoms with Crippen molar-refractivity contribution >= 4 is 20.9 Å². The van der Waals surface area contributed by atoms with Crippen molar-refractivity contribution in [2.24, 2.45) is 0 Å². The highest BCUT2D eigenvalue weighted by Gasteiger charge is 2.39. The largest absolute Gasteiger partial charge is 0.357 e. The molecule has 0 spiro atoms. The van der Waals surface area contributed by atoms with Gasteiger partial charge in [0.25, 0.3) is 0 Å². The molecule has 1 N–H and O–H groups in total. The Kier molecular flexibility index (Phi) is 4.72. The number of aromatic nitrogens is 1. The van der Waals surface area contributed by atoms with Gasteiger partial charge < -0.3 is 4.98 Å². The molecule has 31 heavy (non-hydrogen) atoms. The number of para-hydroxylation sites is 1. The van der Waals surface area contributed by atoms with Crippen molar-refractivity contribution in [3.05, 3.63) is 100 Å².